The van der Waals surface area contributed by atoms with Gasteiger partial charge in [-0.25, -0.2) is 4.79 Å². The number of carbonyl (C=O) groups excluding carboxylic acids is 1. The normalized spacial score (nSPS) is 16.6. The molecule has 1 rings (SSSR count). The van der Waals surface area contributed by atoms with Gasteiger partial charge in [0.1, 0.15) is 6.61 Å². The molecule has 1 saturated heterocycles. The molecule has 1 aliphatic heterocycles. The van der Waals surface area contributed by atoms with Crippen molar-refractivity contribution in [3.8, 4) is 11.8 Å². The molecule has 0 aromatic rings. The van der Waals surface area contributed by atoms with Gasteiger partial charge in [0.25, 0.3) is 0 Å². The smallest absolute Gasteiger partial charge is 0.410 e. The third kappa shape index (κ3) is 5.07. The minimum atomic E-state index is -0.235. The standard InChI is InChI=1S/C12H20N2O3/c1-11(2)17-12(16)14-8-6-13(7-9-14)5-3-4-10-15/h11,15H,5-10H2,1-2H3. The van der Waals surface area contributed by atoms with Crippen LogP contribution in [0.4, 0.5) is 4.79 Å². The first kappa shape index (κ1) is 13.8. The molecule has 1 aliphatic rings. The number of nitrogens with zero attached hydrogens (tertiary/aromatic N) is 2. The Kier molecular flexibility index (Phi) is 5.81. The van der Waals surface area contributed by atoms with Gasteiger partial charge in [0.2, 0.25) is 0 Å². The predicted octanol–water partition coefficient (Wildman–Crippen LogP) is 0.145. The van der Waals surface area contributed by atoms with Gasteiger partial charge >= 0.3 is 6.09 Å². The number of hydrogen-bond donors (Lipinski definition) is 1. The van der Waals surface area contributed by atoms with Gasteiger partial charge in [-0.1, -0.05) is 11.8 Å². The zero-order valence-electron chi connectivity index (χ0n) is 10.5. The highest BCUT2D eigenvalue weighted by atomic mass is 16.6. The van der Waals surface area contributed by atoms with Gasteiger partial charge < -0.3 is 14.7 Å². The Hall–Kier alpha value is -1.25. The van der Waals surface area contributed by atoms with Gasteiger partial charge in [-0.2, -0.15) is 0 Å². The summed E-state index contributed by atoms with van der Waals surface area (Å²) >= 11 is 0. The van der Waals surface area contributed by atoms with Crippen LogP contribution in [0.25, 0.3) is 0 Å². The van der Waals surface area contributed by atoms with E-state index < -0.39 is 0 Å². The summed E-state index contributed by atoms with van der Waals surface area (Å²) in [4.78, 5) is 15.5. The van der Waals surface area contributed by atoms with Crippen LogP contribution >= 0.6 is 0 Å². The van der Waals surface area contributed by atoms with Crippen LogP contribution in [0, 0.1) is 11.8 Å². The van der Waals surface area contributed by atoms with E-state index in [9.17, 15) is 4.79 Å². The highest BCUT2D eigenvalue weighted by Crippen LogP contribution is 2.04. The van der Waals surface area contributed by atoms with Crippen LogP contribution < -0.4 is 0 Å². The number of amides is 1. The van der Waals surface area contributed by atoms with Crippen molar-refractivity contribution in [1.82, 2.24) is 9.80 Å². The number of piperazine rings is 1. The van der Waals surface area contributed by atoms with E-state index in [1.165, 1.54) is 0 Å². The number of carbonyl (C=O) groups is 1. The minimum absolute atomic E-state index is 0.0732. The van der Waals surface area contributed by atoms with Crippen LogP contribution in [-0.4, -0.2) is 66.4 Å². The molecule has 0 atom stereocenters. The molecule has 0 aromatic carbocycles. The highest BCUT2D eigenvalue weighted by Gasteiger charge is 2.21. The maximum atomic E-state index is 11.6. The Morgan fingerprint density at radius 1 is 1.29 bits per heavy atom. The second-order valence-corrected chi connectivity index (χ2v) is 4.21. The lowest BCUT2D eigenvalue weighted by atomic mass is 10.3. The van der Waals surface area contributed by atoms with Crippen LogP contribution in [0.1, 0.15) is 13.8 Å². The molecular formula is C12H20N2O3. The van der Waals surface area contributed by atoms with Gasteiger partial charge in [0.05, 0.1) is 12.6 Å². The zero-order valence-corrected chi connectivity index (χ0v) is 10.5. The molecule has 0 bridgehead atoms. The maximum Gasteiger partial charge on any atom is 0.410 e. The lowest BCUT2D eigenvalue weighted by Crippen LogP contribution is -2.49. The molecule has 5 heteroatoms. The first-order valence-electron chi connectivity index (χ1n) is 5.88. The topological polar surface area (TPSA) is 53.0 Å². The third-order valence-corrected chi connectivity index (χ3v) is 2.47. The molecule has 1 heterocycles. The Labute approximate surface area is 102 Å². The zero-order chi connectivity index (χ0) is 12.7. The monoisotopic (exact) mass is 240 g/mol. The molecule has 0 radical (unpaired) electrons. The maximum absolute atomic E-state index is 11.6. The molecule has 0 spiro atoms. The van der Waals surface area contributed by atoms with E-state index in [0.717, 1.165) is 13.1 Å². The molecule has 0 saturated carbocycles. The van der Waals surface area contributed by atoms with Crippen LogP contribution in [0.15, 0.2) is 0 Å². The summed E-state index contributed by atoms with van der Waals surface area (Å²) < 4.78 is 5.13. The first-order chi connectivity index (χ1) is 8.13. The molecule has 0 aliphatic carbocycles. The second-order valence-electron chi connectivity index (χ2n) is 4.21. The number of aliphatic hydroxyl groups is 1. The van der Waals surface area contributed by atoms with Crippen LogP contribution in [-0.2, 0) is 4.74 Å². The van der Waals surface area contributed by atoms with Crippen molar-refractivity contribution in [2.75, 3.05) is 39.3 Å². The highest BCUT2D eigenvalue weighted by molar-refractivity contribution is 5.67. The van der Waals surface area contributed by atoms with Gasteiger partial charge in [-0.3, -0.25) is 4.90 Å². The second kappa shape index (κ2) is 7.15. The van der Waals surface area contributed by atoms with E-state index in [2.05, 4.69) is 16.7 Å². The summed E-state index contributed by atoms with van der Waals surface area (Å²) in [6, 6.07) is 0. The molecule has 1 fully saturated rings. The summed E-state index contributed by atoms with van der Waals surface area (Å²) in [6.07, 6.45) is -0.308. The molecule has 5 nitrogen and oxygen atoms in total. The number of ether oxygens (including phenoxy) is 1. The molecular weight excluding hydrogens is 220 g/mol. The fraction of sp³-hybridized carbons (Fsp3) is 0.750. The van der Waals surface area contributed by atoms with Crippen LogP contribution in [0.3, 0.4) is 0 Å². The summed E-state index contributed by atoms with van der Waals surface area (Å²) in [5.41, 5.74) is 0. The number of hydrogen-bond acceptors (Lipinski definition) is 4. The molecule has 17 heavy (non-hydrogen) atoms. The molecule has 0 unspecified atom stereocenters. The van der Waals surface area contributed by atoms with E-state index in [1.54, 1.807) is 4.90 Å². The van der Waals surface area contributed by atoms with Crippen molar-refractivity contribution in [2.45, 2.75) is 20.0 Å². The van der Waals surface area contributed by atoms with Crippen LogP contribution in [0.5, 0.6) is 0 Å². The Bertz CT molecular complexity index is 299. The lowest BCUT2D eigenvalue weighted by molar-refractivity contribution is 0.0594. The molecule has 1 N–H and O–H groups in total. The summed E-state index contributed by atoms with van der Waals surface area (Å²) in [5, 5.41) is 8.53. The van der Waals surface area contributed by atoms with E-state index in [-0.39, 0.29) is 18.8 Å². The minimum Gasteiger partial charge on any atom is -0.447 e. The van der Waals surface area contributed by atoms with E-state index in [0.29, 0.717) is 19.6 Å². The van der Waals surface area contributed by atoms with E-state index in [1.807, 2.05) is 13.8 Å². The van der Waals surface area contributed by atoms with E-state index in [4.69, 9.17) is 9.84 Å². The van der Waals surface area contributed by atoms with Crippen LogP contribution in [0.2, 0.25) is 0 Å². The van der Waals surface area contributed by atoms with Crippen molar-refractivity contribution in [1.29, 1.82) is 0 Å². The molecule has 0 aromatic heterocycles. The Morgan fingerprint density at radius 2 is 1.94 bits per heavy atom. The molecule has 1 amide bonds. The van der Waals surface area contributed by atoms with Crippen molar-refractivity contribution in [3.63, 3.8) is 0 Å². The number of rotatable bonds is 2. The predicted molar refractivity (Wildman–Crippen MR) is 64.5 cm³/mol. The quantitative estimate of drug-likeness (QED) is 0.698. The van der Waals surface area contributed by atoms with Gasteiger partial charge in [-0.05, 0) is 13.8 Å². The van der Waals surface area contributed by atoms with Crippen molar-refractivity contribution in [2.24, 2.45) is 0 Å². The average molecular weight is 240 g/mol. The van der Waals surface area contributed by atoms with Gasteiger partial charge in [0, 0.05) is 26.2 Å². The fourth-order valence-corrected chi connectivity index (χ4v) is 1.59. The largest absolute Gasteiger partial charge is 0.447 e. The molecule has 96 valence electrons. The first-order valence-corrected chi connectivity index (χ1v) is 5.88. The SMILES string of the molecule is CC(C)OC(=O)N1CCN(CC#CCO)CC1. The van der Waals surface area contributed by atoms with Crippen molar-refractivity contribution >= 4 is 6.09 Å². The summed E-state index contributed by atoms with van der Waals surface area (Å²) in [5.74, 6) is 5.49. The summed E-state index contributed by atoms with van der Waals surface area (Å²) in [7, 11) is 0. The average Bonchev–Trinajstić information content (AvgIpc) is 2.29. The van der Waals surface area contributed by atoms with Gasteiger partial charge in [0.15, 0.2) is 0 Å². The van der Waals surface area contributed by atoms with E-state index >= 15 is 0 Å². The number of aliphatic hydroxyl groups excluding tert-OH is 1. The Morgan fingerprint density at radius 3 is 2.47 bits per heavy atom. The third-order valence-electron chi connectivity index (χ3n) is 2.47. The van der Waals surface area contributed by atoms with Crippen molar-refractivity contribution in [3.05, 3.63) is 0 Å². The lowest BCUT2D eigenvalue weighted by Gasteiger charge is -2.33. The fourth-order valence-electron chi connectivity index (χ4n) is 1.59. The Balaban J connectivity index is 2.28. The van der Waals surface area contributed by atoms with Gasteiger partial charge in [-0.15, -0.1) is 0 Å². The van der Waals surface area contributed by atoms with Crippen molar-refractivity contribution < 1.29 is 14.6 Å². The summed E-state index contributed by atoms with van der Waals surface area (Å²) in [6.45, 7) is 7.19.